The zero-order valence-electron chi connectivity index (χ0n) is 10.0. The minimum absolute atomic E-state index is 0.847. The van der Waals surface area contributed by atoms with E-state index in [1.54, 1.807) is 7.11 Å². The Morgan fingerprint density at radius 2 is 2.35 bits per heavy atom. The number of aromatic nitrogens is 2. The van der Waals surface area contributed by atoms with Crippen LogP contribution < -0.4 is 10.1 Å². The van der Waals surface area contributed by atoms with E-state index in [9.17, 15) is 0 Å². The third kappa shape index (κ3) is 2.61. The van der Waals surface area contributed by atoms with E-state index in [1.807, 2.05) is 25.4 Å². The SMILES string of the molecule is CNCCCc1nc(Br)c2cc(OC)ccn12. The van der Waals surface area contributed by atoms with Gasteiger partial charge in [0.2, 0.25) is 0 Å². The average molecular weight is 298 g/mol. The lowest BCUT2D eigenvalue weighted by molar-refractivity contribution is 0.414. The van der Waals surface area contributed by atoms with E-state index in [0.29, 0.717) is 0 Å². The number of halogens is 1. The zero-order chi connectivity index (χ0) is 12.3. The molecule has 0 spiro atoms. The Bertz CT molecular complexity index is 510. The Kier molecular flexibility index (Phi) is 4.02. The smallest absolute Gasteiger partial charge is 0.132 e. The molecule has 17 heavy (non-hydrogen) atoms. The van der Waals surface area contributed by atoms with Gasteiger partial charge in [-0.15, -0.1) is 0 Å². The summed E-state index contributed by atoms with van der Waals surface area (Å²) in [7, 11) is 3.63. The second-order valence-electron chi connectivity index (χ2n) is 3.85. The summed E-state index contributed by atoms with van der Waals surface area (Å²) in [5, 5.41) is 3.14. The molecule has 0 aliphatic rings. The average Bonchev–Trinajstić information content (AvgIpc) is 2.66. The Hall–Kier alpha value is -1.07. The number of aryl methyl sites for hydroxylation is 1. The van der Waals surface area contributed by atoms with Crippen molar-refractivity contribution in [3.8, 4) is 5.75 Å². The second kappa shape index (κ2) is 5.51. The lowest BCUT2D eigenvalue weighted by atomic mass is 10.3. The van der Waals surface area contributed by atoms with Crippen molar-refractivity contribution in [2.24, 2.45) is 0 Å². The van der Waals surface area contributed by atoms with Gasteiger partial charge in [0.15, 0.2) is 0 Å². The molecule has 0 unspecified atom stereocenters. The molecule has 0 bridgehead atoms. The van der Waals surface area contributed by atoms with Crippen LogP contribution in [0.4, 0.5) is 0 Å². The summed E-state index contributed by atoms with van der Waals surface area (Å²) in [6.07, 6.45) is 4.04. The van der Waals surface area contributed by atoms with Crippen LogP contribution in [0.15, 0.2) is 22.9 Å². The van der Waals surface area contributed by atoms with E-state index < -0.39 is 0 Å². The molecular formula is C12H16BrN3O. The van der Waals surface area contributed by atoms with Crippen LogP contribution in [0.2, 0.25) is 0 Å². The van der Waals surface area contributed by atoms with Crippen molar-refractivity contribution in [3.05, 3.63) is 28.8 Å². The minimum Gasteiger partial charge on any atom is -0.497 e. The molecule has 2 aromatic rings. The monoisotopic (exact) mass is 297 g/mol. The van der Waals surface area contributed by atoms with Crippen LogP contribution in [0.1, 0.15) is 12.2 Å². The molecule has 0 amide bonds. The molecule has 0 aliphatic heterocycles. The number of pyridine rings is 1. The van der Waals surface area contributed by atoms with Crippen molar-refractivity contribution in [2.75, 3.05) is 20.7 Å². The van der Waals surface area contributed by atoms with Gasteiger partial charge in [0.05, 0.1) is 12.6 Å². The first kappa shape index (κ1) is 12.4. The first-order chi connectivity index (χ1) is 8.26. The summed E-state index contributed by atoms with van der Waals surface area (Å²) < 4.78 is 8.18. The summed E-state index contributed by atoms with van der Waals surface area (Å²) >= 11 is 3.49. The molecule has 0 saturated carbocycles. The van der Waals surface area contributed by atoms with Gasteiger partial charge >= 0.3 is 0 Å². The van der Waals surface area contributed by atoms with Crippen LogP contribution in [0, 0.1) is 0 Å². The molecule has 2 rings (SSSR count). The predicted molar refractivity (Wildman–Crippen MR) is 71.7 cm³/mol. The van der Waals surface area contributed by atoms with Gasteiger partial charge in [-0.3, -0.25) is 0 Å². The van der Waals surface area contributed by atoms with Crippen molar-refractivity contribution in [1.82, 2.24) is 14.7 Å². The highest BCUT2D eigenvalue weighted by Gasteiger charge is 2.09. The van der Waals surface area contributed by atoms with Crippen LogP contribution in [-0.2, 0) is 6.42 Å². The maximum absolute atomic E-state index is 5.21. The highest BCUT2D eigenvalue weighted by molar-refractivity contribution is 9.10. The largest absolute Gasteiger partial charge is 0.497 e. The summed E-state index contributed by atoms with van der Waals surface area (Å²) in [6.45, 7) is 1.00. The van der Waals surface area contributed by atoms with Crippen LogP contribution >= 0.6 is 15.9 Å². The molecule has 0 aliphatic carbocycles. The molecule has 0 aromatic carbocycles. The molecular weight excluding hydrogens is 282 g/mol. The summed E-state index contributed by atoms with van der Waals surface area (Å²) in [4.78, 5) is 4.53. The van der Waals surface area contributed by atoms with Crippen molar-refractivity contribution in [1.29, 1.82) is 0 Å². The number of ether oxygens (including phenoxy) is 1. The van der Waals surface area contributed by atoms with Crippen LogP contribution in [0.25, 0.3) is 5.52 Å². The zero-order valence-corrected chi connectivity index (χ0v) is 11.6. The van der Waals surface area contributed by atoms with Crippen molar-refractivity contribution in [2.45, 2.75) is 12.8 Å². The van der Waals surface area contributed by atoms with Crippen LogP contribution in [-0.4, -0.2) is 30.1 Å². The number of nitrogens with one attached hydrogen (secondary N) is 1. The van der Waals surface area contributed by atoms with E-state index in [1.165, 1.54) is 0 Å². The highest BCUT2D eigenvalue weighted by atomic mass is 79.9. The normalized spacial score (nSPS) is 11.0. The molecule has 0 fully saturated rings. The lowest BCUT2D eigenvalue weighted by Crippen LogP contribution is -2.09. The highest BCUT2D eigenvalue weighted by Crippen LogP contribution is 2.23. The molecule has 2 aromatic heterocycles. The molecule has 92 valence electrons. The fraction of sp³-hybridized carbons (Fsp3) is 0.417. The van der Waals surface area contributed by atoms with Gasteiger partial charge in [0.1, 0.15) is 16.2 Å². The number of hydrogen-bond acceptors (Lipinski definition) is 3. The number of methoxy groups -OCH3 is 1. The molecule has 0 saturated heterocycles. The summed E-state index contributed by atoms with van der Waals surface area (Å²) in [6, 6.07) is 3.93. The van der Waals surface area contributed by atoms with Gasteiger partial charge in [-0.05, 0) is 42.0 Å². The van der Waals surface area contributed by atoms with Gasteiger partial charge in [-0.25, -0.2) is 4.98 Å². The Labute approximate surface area is 109 Å². The Morgan fingerprint density at radius 1 is 1.53 bits per heavy atom. The predicted octanol–water partition coefficient (Wildman–Crippen LogP) is 2.26. The molecule has 1 N–H and O–H groups in total. The number of rotatable bonds is 5. The molecule has 0 radical (unpaired) electrons. The quantitative estimate of drug-likeness (QED) is 0.861. The number of imidazole rings is 1. The third-order valence-electron chi connectivity index (χ3n) is 2.71. The lowest BCUT2D eigenvalue weighted by Gasteiger charge is -2.03. The number of nitrogens with zero attached hydrogens (tertiary/aromatic N) is 2. The molecule has 5 heteroatoms. The Balaban J connectivity index is 2.31. The summed E-state index contributed by atoms with van der Waals surface area (Å²) in [5.41, 5.74) is 1.05. The number of hydrogen-bond donors (Lipinski definition) is 1. The second-order valence-corrected chi connectivity index (χ2v) is 4.60. The van der Waals surface area contributed by atoms with E-state index in [4.69, 9.17) is 4.74 Å². The van der Waals surface area contributed by atoms with Crippen LogP contribution in [0.5, 0.6) is 5.75 Å². The standard InChI is InChI=1S/C12H16BrN3O/c1-14-6-3-4-11-15-12(13)10-8-9(17-2)5-7-16(10)11/h5,7-8,14H,3-4,6H2,1-2H3. The fourth-order valence-electron chi connectivity index (χ4n) is 1.82. The van der Waals surface area contributed by atoms with Gasteiger partial charge in [-0.1, -0.05) is 0 Å². The van der Waals surface area contributed by atoms with E-state index in [-0.39, 0.29) is 0 Å². The van der Waals surface area contributed by atoms with Gasteiger partial charge in [0, 0.05) is 18.7 Å². The van der Waals surface area contributed by atoms with Gasteiger partial charge in [-0.2, -0.15) is 0 Å². The first-order valence-corrected chi connectivity index (χ1v) is 6.40. The van der Waals surface area contributed by atoms with E-state index in [0.717, 1.165) is 41.1 Å². The van der Waals surface area contributed by atoms with E-state index >= 15 is 0 Å². The Morgan fingerprint density at radius 3 is 3.06 bits per heavy atom. The number of fused-ring (bicyclic) bond motifs is 1. The van der Waals surface area contributed by atoms with Crippen LogP contribution in [0.3, 0.4) is 0 Å². The van der Waals surface area contributed by atoms with Gasteiger partial charge < -0.3 is 14.5 Å². The summed E-state index contributed by atoms with van der Waals surface area (Å²) in [5.74, 6) is 1.92. The third-order valence-corrected chi connectivity index (χ3v) is 3.29. The maximum atomic E-state index is 5.21. The van der Waals surface area contributed by atoms with Gasteiger partial charge in [0.25, 0.3) is 0 Å². The van der Waals surface area contributed by atoms with Crippen molar-refractivity contribution >= 4 is 21.4 Å². The molecule has 2 heterocycles. The fourth-order valence-corrected chi connectivity index (χ4v) is 2.33. The molecule has 4 nitrogen and oxygen atoms in total. The minimum atomic E-state index is 0.847. The molecule has 0 atom stereocenters. The maximum Gasteiger partial charge on any atom is 0.132 e. The van der Waals surface area contributed by atoms with Crippen molar-refractivity contribution < 1.29 is 4.74 Å². The topological polar surface area (TPSA) is 38.6 Å². The van der Waals surface area contributed by atoms with E-state index in [2.05, 4.69) is 30.6 Å². The first-order valence-electron chi connectivity index (χ1n) is 5.61. The van der Waals surface area contributed by atoms with Crippen molar-refractivity contribution in [3.63, 3.8) is 0 Å².